The Morgan fingerprint density at radius 2 is 1.91 bits per heavy atom. The Kier molecular flexibility index (Phi) is 3.62. The summed E-state index contributed by atoms with van der Waals surface area (Å²) in [6.45, 7) is 0. The highest BCUT2D eigenvalue weighted by molar-refractivity contribution is 5.92. The Morgan fingerprint density at radius 3 is 2.55 bits per heavy atom. The van der Waals surface area contributed by atoms with Crippen molar-refractivity contribution in [2.45, 2.75) is 18.9 Å². The van der Waals surface area contributed by atoms with Crippen LogP contribution >= 0.6 is 0 Å². The quantitative estimate of drug-likeness (QED) is 0.898. The number of carboxylic acids is 1. The van der Waals surface area contributed by atoms with Crippen LogP contribution in [0.4, 0.5) is 4.39 Å². The van der Waals surface area contributed by atoms with Crippen LogP contribution < -0.4 is 5.32 Å². The molecule has 1 aliphatic carbocycles. The van der Waals surface area contributed by atoms with Crippen molar-refractivity contribution in [2.24, 2.45) is 5.92 Å². The molecule has 1 fully saturated rings. The monoisotopic (exact) mass is 303 g/mol. The molecule has 1 amide bonds. The van der Waals surface area contributed by atoms with E-state index in [0.29, 0.717) is 18.5 Å². The molecule has 0 atom stereocenters. The molecule has 22 heavy (non-hydrogen) atoms. The summed E-state index contributed by atoms with van der Waals surface area (Å²) in [5.41, 5.74) is 0.887. The average molecular weight is 303 g/mol. The molecular weight excluding hydrogens is 289 g/mol. The lowest BCUT2D eigenvalue weighted by Crippen LogP contribution is -2.46. The number of carboxylic acid groups (broad SMARTS) is 1. The molecule has 0 bridgehead atoms. The normalized spacial score (nSPS) is 20.2. The van der Waals surface area contributed by atoms with Crippen molar-refractivity contribution in [3.05, 3.63) is 48.0 Å². The third-order valence-electron chi connectivity index (χ3n) is 3.74. The van der Waals surface area contributed by atoms with E-state index < -0.39 is 5.97 Å². The van der Waals surface area contributed by atoms with Crippen LogP contribution in [-0.2, 0) is 4.79 Å². The molecule has 0 saturated heterocycles. The number of hydrogen-bond donors (Lipinski definition) is 2. The maximum Gasteiger partial charge on any atom is 0.306 e. The van der Waals surface area contributed by atoms with Crippen molar-refractivity contribution in [1.82, 2.24) is 15.1 Å². The summed E-state index contributed by atoms with van der Waals surface area (Å²) in [6.07, 6.45) is 2.50. The molecule has 6 nitrogen and oxygen atoms in total. The van der Waals surface area contributed by atoms with Crippen molar-refractivity contribution in [1.29, 1.82) is 0 Å². The lowest BCUT2D eigenvalue weighted by Gasteiger charge is -2.32. The summed E-state index contributed by atoms with van der Waals surface area (Å²) in [5, 5.41) is 15.7. The molecule has 2 aromatic rings. The molecule has 114 valence electrons. The molecule has 1 aliphatic rings. The predicted octanol–water partition coefficient (Wildman–Crippen LogP) is 1.60. The fourth-order valence-electron chi connectivity index (χ4n) is 2.38. The van der Waals surface area contributed by atoms with E-state index in [0.717, 1.165) is 0 Å². The molecule has 1 aromatic heterocycles. The third kappa shape index (κ3) is 2.83. The van der Waals surface area contributed by atoms with Crippen molar-refractivity contribution >= 4 is 11.9 Å². The van der Waals surface area contributed by atoms with Gasteiger partial charge in [0.25, 0.3) is 5.91 Å². The number of nitrogens with zero attached hydrogens (tertiary/aromatic N) is 2. The van der Waals surface area contributed by atoms with Gasteiger partial charge in [-0.15, -0.1) is 0 Å². The van der Waals surface area contributed by atoms with Crippen LogP contribution in [0.15, 0.2) is 36.5 Å². The van der Waals surface area contributed by atoms with Gasteiger partial charge in [0.2, 0.25) is 0 Å². The molecule has 0 unspecified atom stereocenters. The van der Waals surface area contributed by atoms with E-state index in [-0.39, 0.29) is 29.4 Å². The lowest BCUT2D eigenvalue weighted by molar-refractivity contribution is -0.145. The van der Waals surface area contributed by atoms with Crippen LogP contribution in [0.2, 0.25) is 0 Å². The number of hydrogen-bond acceptors (Lipinski definition) is 3. The Bertz CT molecular complexity index is 705. The van der Waals surface area contributed by atoms with Gasteiger partial charge in [0.15, 0.2) is 5.69 Å². The van der Waals surface area contributed by atoms with E-state index in [1.54, 1.807) is 24.4 Å². The minimum atomic E-state index is -0.828. The van der Waals surface area contributed by atoms with Crippen LogP contribution in [0.1, 0.15) is 23.3 Å². The van der Waals surface area contributed by atoms with Gasteiger partial charge in [0, 0.05) is 12.2 Å². The summed E-state index contributed by atoms with van der Waals surface area (Å²) < 4.78 is 14.4. The highest BCUT2D eigenvalue weighted by atomic mass is 19.1. The highest BCUT2D eigenvalue weighted by Crippen LogP contribution is 2.27. The van der Waals surface area contributed by atoms with Crippen LogP contribution in [0, 0.1) is 11.7 Å². The maximum absolute atomic E-state index is 12.9. The topological polar surface area (TPSA) is 84.2 Å². The SMILES string of the molecule is O=C(NC1CC(C(=O)O)C1)c1ccn(-c2ccc(F)cc2)n1. The zero-order valence-electron chi connectivity index (χ0n) is 11.6. The van der Waals surface area contributed by atoms with E-state index >= 15 is 0 Å². The van der Waals surface area contributed by atoms with Crippen LogP contribution in [0.5, 0.6) is 0 Å². The van der Waals surface area contributed by atoms with Crippen LogP contribution in [0.25, 0.3) is 5.69 Å². The molecule has 0 spiro atoms. The molecule has 2 N–H and O–H groups in total. The van der Waals surface area contributed by atoms with Gasteiger partial charge in [-0.3, -0.25) is 9.59 Å². The molecule has 3 rings (SSSR count). The number of aromatic nitrogens is 2. The second-order valence-corrected chi connectivity index (χ2v) is 5.30. The first-order valence-electron chi connectivity index (χ1n) is 6.88. The molecule has 1 aromatic carbocycles. The van der Waals surface area contributed by atoms with Crippen LogP contribution in [-0.4, -0.2) is 32.8 Å². The molecule has 0 radical (unpaired) electrons. The van der Waals surface area contributed by atoms with Gasteiger partial charge in [-0.1, -0.05) is 0 Å². The Morgan fingerprint density at radius 1 is 1.23 bits per heavy atom. The zero-order chi connectivity index (χ0) is 15.7. The van der Waals surface area contributed by atoms with Crippen molar-refractivity contribution < 1.29 is 19.1 Å². The molecule has 0 aliphatic heterocycles. The number of benzene rings is 1. The number of aliphatic carboxylic acids is 1. The second-order valence-electron chi connectivity index (χ2n) is 5.30. The van der Waals surface area contributed by atoms with E-state index in [1.165, 1.54) is 16.8 Å². The van der Waals surface area contributed by atoms with Crippen molar-refractivity contribution in [2.75, 3.05) is 0 Å². The van der Waals surface area contributed by atoms with Gasteiger partial charge in [0.1, 0.15) is 5.82 Å². The number of carbonyl (C=O) groups is 2. The van der Waals surface area contributed by atoms with E-state index in [4.69, 9.17) is 5.11 Å². The number of rotatable bonds is 4. The predicted molar refractivity (Wildman–Crippen MR) is 75.1 cm³/mol. The third-order valence-corrected chi connectivity index (χ3v) is 3.74. The number of carbonyl (C=O) groups excluding carboxylic acids is 1. The summed E-state index contributed by atoms with van der Waals surface area (Å²) in [6, 6.07) is 7.20. The fourth-order valence-corrected chi connectivity index (χ4v) is 2.38. The average Bonchev–Trinajstić information content (AvgIpc) is 2.92. The largest absolute Gasteiger partial charge is 0.481 e. The zero-order valence-corrected chi connectivity index (χ0v) is 11.6. The number of nitrogens with one attached hydrogen (secondary N) is 1. The van der Waals surface area contributed by atoms with Crippen molar-refractivity contribution in [3.8, 4) is 5.69 Å². The van der Waals surface area contributed by atoms with Gasteiger partial charge in [-0.25, -0.2) is 9.07 Å². The smallest absolute Gasteiger partial charge is 0.306 e. The second kappa shape index (κ2) is 5.59. The minimum absolute atomic E-state index is 0.121. The molecule has 1 saturated carbocycles. The summed E-state index contributed by atoms with van der Waals surface area (Å²) in [7, 11) is 0. The van der Waals surface area contributed by atoms with E-state index in [1.807, 2.05) is 0 Å². The summed E-state index contributed by atoms with van der Waals surface area (Å²) in [5.74, 6) is -1.88. The van der Waals surface area contributed by atoms with Gasteiger partial charge in [-0.2, -0.15) is 5.10 Å². The summed E-state index contributed by atoms with van der Waals surface area (Å²) >= 11 is 0. The molecule has 7 heteroatoms. The lowest BCUT2D eigenvalue weighted by atomic mass is 9.80. The van der Waals surface area contributed by atoms with Gasteiger partial charge < -0.3 is 10.4 Å². The van der Waals surface area contributed by atoms with E-state index in [9.17, 15) is 14.0 Å². The maximum atomic E-state index is 12.9. The fraction of sp³-hybridized carbons (Fsp3) is 0.267. The van der Waals surface area contributed by atoms with E-state index in [2.05, 4.69) is 10.4 Å². The molecular formula is C15H14FN3O3. The van der Waals surface area contributed by atoms with Crippen LogP contribution in [0.3, 0.4) is 0 Å². The van der Waals surface area contributed by atoms with Gasteiger partial charge in [0.05, 0.1) is 11.6 Å². The first-order chi connectivity index (χ1) is 10.5. The number of amides is 1. The summed E-state index contributed by atoms with van der Waals surface area (Å²) in [4.78, 5) is 22.7. The Hall–Kier alpha value is -2.70. The Labute approximate surface area is 125 Å². The van der Waals surface area contributed by atoms with Gasteiger partial charge in [-0.05, 0) is 43.2 Å². The number of halogens is 1. The first-order valence-corrected chi connectivity index (χ1v) is 6.88. The van der Waals surface area contributed by atoms with Gasteiger partial charge >= 0.3 is 5.97 Å². The Balaban J connectivity index is 1.63. The standard InChI is InChI=1S/C15H14FN3O3/c16-10-1-3-12(4-2-10)19-6-5-13(18-19)14(20)17-11-7-9(8-11)15(21)22/h1-6,9,11H,7-8H2,(H,17,20)(H,21,22). The molecule has 1 heterocycles. The van der Waals surface area contributed by atoms with Crippen molar-refractivity contribution in [3.63, 3.8) is 0 Å². The highest BCUT2D eigenvalue weighted by Gasteiger charge is 2.35. The minimum Gasteiger partial charge on any atom is -0.481 e. The first kappa shape index (κ1) is 14.2.